The summed E-state index contributed by atoms with van der Waals surface area (Å²) in [5.41, 5.74) is 3.03. The molecule has 0 fully saturated rings. The zero-order chi connectivity index (χ0) is 22.5. The van der Waals surface area contributed by atoms with Crippen molar-refractivity contribution in [3.63, 3.8) is 0 Å². The summed E-state index contributed by atoms with van der Waals surface area (Å²) in [4.78, 5) is 36.3. The zero-order valence-corrected chi connectivity index (χ0v) is 17.5. The molecule has 0 amide bonds. The van der Waals surface area contributed by atoms with E-state index in [0.29, 0.717) is 11.0 Å². The summed E-state index contributed by atoms with van der Waals surface area (Å²) in [6.07, 6.45) is 8.17. The molecule has 2 aromatic carbocycles. The van der Waals surface area contributed by atoms with Crippen molar-refractivity contribution in [3.8, 4) is 0 Å². The van der Waals surface area contributed by atoms with Crippen LogP contribution in [0.1, 0.15) is 50.2 Å². The maximum Gasteiger partial charge on any atom is 0.271 e. The second kappa shape index (κ2) is 9.54. The molecule has 2 heterocycles. The summed E-state index contributed by atoms with van der Waals surface area (Å²) >= 11 is 0. The number of non-ortho nitro benzene ring substituents is 2. The topological polar surface area (TPSA) is 144 Å². The molecule has 0 bridgehead atoms. The van der Waals surface area contributed by atoms with Gasteiger partial charge in [-0.05, 0) is 25.0 Å². The van der Waals surface area contributed by atoms with Crippen molar-refractivity contribution in [1.82, 2.24) is 19.9 Å². The quantitative estimate of drug-likeness (QED) is 0.183. The number of fused-ring (bicyclic) bond motifs is 2. The van der Waals surface area contributed by atoms with Crippen LogP contribution in [0.15, 0.2) is 36.4 Å². The minimum atomic E-state index is -0.409. The Morgan fingerprint density at radius 2 is 1.06 bits per heavy atom. The van der Waals surface area contributed by atoms with Crippen LogP contribution in [0.5, 0.6) is 0 Å². The second-order valence-corrected chi connectivity index (χ2v) is 7.91. The molecular formula is C22H24N6O4. The number of nitro benzene ring substituents is 2. The number of hydrogen-bond acceptors (Lipinski definition) is 6. The van der Waals surface area contributed by atoms with Crippen LogP contribution in [0, 0.1) is 20.2 Å². The largest absolute Gasteiger partial charge is 0.342 e. The predicted molar refractivity (Wildman–Crippen MR) is 121 cm³/mol. The second-order valence-electron chi connectivity index (χ2n) is 7.91. The van der Waals surface area contributed by atoms with Crippen LogP contribution in [-0.2, 0) is 12.8 Å². The summed E-state index contributed by atoms with van der Waals surface area (Å²) < 4.78 is 0. The van der Waals surface area contributed by atoms with Crippen molar-refractivity contribution in [1.29, 1.82) is 0 Å². The Labute approximate surface area is 183 Å². The Morgan fingerprint density at radius 3 is 1.47 bits per heavy atom. The van der Waals surface area contributed by atoms with Gasteiger partial charge in [-0.25, -0.2) is 9.97 Å². The first-order valence-electron chi connectivity index (χ1n) is 10.8. The van der Waals surface area contributed by atoms with Gasteiger partial charge in [0.25, 0.3) is 11.4 Å². The molecular weight excluding hydrogens is 412 g/mol. The highest BCUT2D eigenvalue weighted by Gasteiger charge is 2.11. The highest BCUT2D eigenvalue weighted by molar-refractivity contribution is 5.78. The molecule has 2 aromatic heterocycles. The van der Waals surface area contributed by atoms with E-state index in [-0.39, 0.29) is 11.4 Å². The van der Waals surface area contributed by atoms with Crippen molar-refractivity contribution in [2.24, 2.45) is 0 Å². The first-order chi connectivity index (χ1) is 15.5. The number of aromatic nitrogens is 4. The lowest BCUT2D eigenvalue weighted by atomic mass is 10.1. The van der Waals surface area contributed by atoms with E-state index in [1.807, 2.05) is 0 Å². The van der Waals surface area contributed by atoms with E-state index in [2.05, 4.69) is 19.9 Å². The van der Waals surface area contributed by atoms with Gasteiger partial charge in [0.05, 0.1) is 31.9 Å². The molecule has 0 unspecified atom stereocenters. The van der Waals surface area contributed by atoms with Crippen molar-refractivity contribution in [2.75, 3.05) is 0 Å². The Hall–Kier alpha value is -3.82. The molecule has 0 saturated heterocycles. The third-order valence-electron chi connectivity index (χ3n) is 5.53. The van der Waals surface area contributed by atoms with E-state index in [4.69, 9.17) is 0 Å². The highest BCUT2D eigenvalue weighted by Crippen LogP contribution is 2.21. The number of nitro groups is 2. The summed E-state index contributed by atoms with van der Waals surface area (Å²) in [6.45, 7) is 0. The molecule has 0 aliphatic heterocycles. The van der Waals surface area contributed by atoms with E-state index < -0.39 is 9.85 Å². The van der Waals surface area contributed by atoms with E-state index in [1.165, 1.54) is 24.3 Å². The average Bonchev–Trinajstić information content (AvgIpc) is 3.37. The molecule has 0 atom stereocenters. The van der Waals surface area contributed by atoms with Gasteiger partial charge in [0, 0.05) is 37.1 Å². The van der Waals surface area contributed by atoms with E-state index >= 15 is 0 Å². The molecule has 10 heteroatoms. The number of nitrogens with zero attached hydrogens (tertiary/aromatic N) is 4. The smallest absolute Gasteiger partial charge is 0.271 e. The molecule has 4 aromatic rings. The number of H-pyrrole nitrogens is 2. The standard InChI is InChI=1S/C22H24N6O4/c29-27(30)15-9-11-17-19(13-15)25-21(23-17)7-5-3-1-2-4-6-8-22-24-18-12-10-16(28(31)32)14-20(18)26-22/h9-14H,1-8H2,(H,23,25)(H,24,26). The molecule has 32 heavy (non-hydrogen) atoms. The number of rotatable bonds is 11. The first-order valence-corrected chi connectivity index (χ1v) is 10.8. The number of hydrogen-bond donors (Lipinski definition) is 2. The molecule has 0 radical (unpaired) electrons. The van der Waals surface area contributed by atoms with Gasteiger partial charge in [-0.3, -0.25) is 20.2 Å². The minimum Gasteiger partial charge on any atom is -0.342 e. The normalized spacial score (nSPS) is 11.4. The summed E-state index contributed by atoms with van der Waals surface area (Å²) in [5.74, 6) is 1.73. The molecule has 166 valence electrons. The van der Waals surface area contributed by atoms with Gasteiger partial charge in [-0.2, -0.15) is 0 Å². The summed E-state index contributed by atoms with van der Waals surface area (Å²) in [6, 6.07) is 9.37. The molecule has 2 N–H and O–H groups in total. The van der Waals surface area contributed by atoms with Crippen LogP contribution in [0.3, 0.4) is 0 Å². The van der Waals surface area contributed by atoms with Crippen molar-refractivity contribution >= 4 is 33.4 Å². The fourth-order valence-corrected chi connectivity index (χ4v) is 3.85. The number of benzene rings is 2. The number of aromatic amines is 2. The monoisotopic (exact) mass is 436 g/mol. The van der Waals surface area contributed by atoms with Gasteiger partial charge in [0.15, 0.2) is 0 Å². The average molecular weight is 436 g/mol. The Kier molecular flexibility index (Phi) is 6.39. The van der Waals surface area contributed by atoms with Gasteiger partial charge in [0.1, 0.15) is 11.6 Å². The highest BCUT2D eigenvalue weighted by atomic mass is 16.6. The van der Waals surface area contributed by atoms with E-state index in [1.54, 1.807) is 12.1 Å². The van der Waals surface area contributed by atoms with Gasteiger partial charge < -0.3 is 9.97 Å². The third kappa shape index (κ3) is 5.08. The third-order valence-corrected chi connectivity index (χ3v) is 5.53. The lowest BCUT2D eigenvalue weighted by Crippen LogP contribution is -1.90. The predicted octanol–water partition coefficient (Wildman–Crippen LogP) is 5.38. The Morgan fingerprint density at radius 1 is 0.656 bits per heavy atom. The fraction of sp³-hybridized carbons (Fsp3) is 0.364. The van der Waals surface area contributed by atoms with Gasteiger partial charge >= 0.3 is 0 Å². The van der Waals surface area contributed by atoms with Crippen LogP contribution in [0.25, 0.3) is 22.1 Å². The van der Waals surface area contributed by atoms with Crippen molar-refractivity contribution in [2.45, 2.75) is 51.4 Å². The van der Waals surface area contributed by atoms with Crippen LogP contribution >= 0.6 is 0 Å². The van der Waals surface area contributed by atoms with Gasteiger partial charge in [0.2, 0.25) is 0 Å². The number of imidazole rings is 2. The first kappa shape index (κ1) is 21.4. The van der Waals surface area contributed by atoms with Crippen molar-refractivity contribution < 1.29 is 9.85 Å². The van der Waals surface area contributed by atoms with Crippen LogP contribution in [0.4, 0.5) is 11.4 Å². The number of nitrogens with one attached hydrogen (secondary N) is 2. The van der Waals surface area contributed by atoms with E-state index in [9.17, 15) is 20.2 Å². The molecule has 0 aliphatic carbocycles. The fourth-order valence-electron chi connectivity index (χ4n) is 3.85. The molecule has 0 aliphatic rings. The van der Waals surface area contributed by atoms with E-state index in [0.717, 1.165) is 74.0 Å². The van der Waals surface area contributed by atoms with Crippen LogP contribution in [0.2, 0.25) is 0 Å². The lowest BCUT2D eigenvalue weighted by molar-refractivity contribution is -0.384. The molecule has 0 saturated carbocycles. The molecule has 0 spiro atoms. The number of unbranched alkanes of at least 4 members (excludes halogenated alkanes) is 5. The maximum absolute atomic E-state index is 10.9. The Balaban J connectivity index is 1.14. The zero-order valence-electron chi connectivity index (χ0n) is 17.5. The summed E-state index contributed by atoms with van der Waals surface area (Å²) in [7, 11) is 0. The number of aryl methyl sites for hydroxylation is 2. The van der Waals surface area contributed by atoms with Gasteiger partial charge in [-0.1, -0.05) is 25.7 Å². The Bertz CT molecular complexity index is 1160. The van der Waals surface area contributed by atoms with Crippen LogP contribution in [-0.4, -0.2) is 29.8 Å². The SMILES string of the molecule is O=[N+]([O-])c1ccc2[nH]c(CCCCCCCCc3nc4cc([N+](=O)[O-])ccc4[nH]3)nc2c1. The summed E-state index contributed by atoms with van der Waals surface area (Å²) in [5, 5.41) is 21.7. The minimum absolute atomic E-state index is 0.0551. The molecule has 10 nitrogen and oxygen atoms in total. The van der Waals surface area contributed by atoms with Crippen molar-refractivity contribution in [3.05, 3.63) is 68.3 Å². The molecule has 4 rings (SSSR count). The lowest BCUT2D eigenvalue weighted by Gasteiger charge is -2.00. The maximum atomic E-state index is 10.9. The van der Waals surface area contributed by atoms with Crippen LogP contribution < -0.4 is 0 Å². The van der Waals surface area contributed by atoms with Gasteiger partial charge in [-0.15, -0.1) is 0 Å².